The monoisotopic (exact) mass is 460 g/mol. The minimum absolute atomic E-state index is 0.0138. The van der Waals surface area contributed by atoms with Crippen molar-refractivity contribution in [1.29, 1.82) is 0 Å². The summed E-state index contributed by atoms with van der Waals surface area (Å²) in [5, 5.41) is 37.3. The average molecular weight is 460 g/mol. The highest BCUT2D eigenvalue weighted by molar-refractivity contribution is 5.98. The minimum atomic E-state index is -1.05. The van der Waals surface area contributed by atoms with Crippen LogP contribution in [0.1, 0.15) is 27.1 Å². The summed E-state index contributed by atoms with van der Waals surface area (Å²) in [5.41, 5.74) is 2.80. The van der Waals surface area contributed by atoms with E-state index in [1.165, 1.54) is 24.3 Å². The second-order valence-corrected chi connectivity index (χ2v) is 7.48. The van der Waals surface area contributed by atoms with Gasteiger partial charge in [-0.3, -0.25) is 14.9 Å². The highest BCUT2D eigenvalue weighted by Gasteiger charge is 2.18. The first-order valence-corrected chi connectivity index (χ1v) is 10.4. The lowest BCUT2D eigenvalue weighted by atomic mass is 10.0. The number of carboxylic acids is 1. The maximum Gasteiger partial charge on any atom is 0.335 e. The quantitative estimate of drug-likeness (QED) is 0.207. The molecule has 0 spiro atoms. The fourth-order valence-corrected chi connectivity index (χ4v) is 3.54. The zero-order chi connectivity index (χ0) is 24.2. The van der Waals surface area contributed by atoms with Crippen molar-refractivity contribution in [3.63, 3.8) is 0 Å². The number of nitrogens with one attached hydrogen (secondary N) is 1. The lowest BCUT2D eigenvalue weighted by Gasteiger charge is -2.05. The molecule has 1 aromatic heterocycles. The highest BCUT2D eigenvalue weighted by atomic mass is 16.6. The molecule has 1 amide bonds. The number of aromatic carboxylic acids is 1. The Bertz CT molecular complexity index is 1380. The smallest absolute Gasteiger partial charge is 0.335 e. The second-order valence-electron chi connectivity index (χ2n) is 7.48. The van der Waals surface area contributed by atoms with Crippen LogP contribution in [0.15, 0.2) is 66.7 Å². The number of hydrogen-bond donors (Lipinski definition) is 3. The van der Waals surface area contributed by atoms with Crippen molar-refractivity contribution in [2.24, 2.45) is 0 Å². The van der Waals surface area contributed by atoms with E-state index in [1.807, 2.05) is 0 Å². The number of carbonyl (C=O) groups excluding carboxylic acids is 1. The zero-order valence-corrected chi connectivity index (χ0v) is 17.8. The predicted molar refractivity (Wildman–Crippen MR) is 124 cm³/mol. The number of aliphatic hydroxyl groups excluding tert-OH is 1. The zero-order valence-electron chi connectivity index (χ0n) is 17.8. The van der Waals surface area contributed by atoms with E-state index in [4.69, 9.17) is 10.2 Å². The Morgan fingerprint density at radius 2 is 1.68 bits per heavy atom. The molecule has 3 aromatic carbocycles. The van der Waals surface area contributed by atoms with E-state index >= 15 is 0 Å². The van der Waals surface area contributed by atoms with Gasteiger partial charge in [-0.1, -0.05) is 12.1 Å². The van der Waals surface area contributed by atoms with Gasteiger partial charge in [0.1, 0.15) is 5.69 Å². The van der Waals surface area contributed by atoms with Crippen molar-refractivity contribution < 1.29 is 24.7 Å². The molecule has 0 aliphatic heterocycles. The molecule has 10 nitrogen and oxygen atoms in total. The van der Waals surface area contributed by atoms with Gasteiger partial charge in [-0.05, 0) is 48.9 Å². The Morgan fingerprint density at radius 1 is 1.00 bits per heavy atom. The standard InChI is InChI=1S/C24H20N4O6/c29-13-1-12-25-23(30)16-4-2-15(3-5-16)22-20-14-19(28(33)34)10-11-21(20)27(26-22)18-8-6-17(7-9-18)24(31)32/h2-11,14,29H,1,12-13H2,(H,25,30)(H,31,32). The fourth-order valence-electron chi connectivity index (χ4n) is 3.54. The highest BCUT2D eigenvalue weighted by Crippen LogP contribution is 2.32. The first kappa shape index (κ1) is 22.6. The Hall–Kier alpha value is -4.57. The lowest BCUT2D eigenvalue weighted by molar-refractivity contribution is -0.384. The molecule has 34 heavy (non-hydrogen) atoms. The molecule has 1 heterocycles. The van der Waals surface area contributed by atoms with Crippen molar-refractivity contribution in [2.45, 2.75) is 6.42 Å². The maximum absolute atomic E-state index is 12.2. The van der Waals surface area contributed by atoms with Crippen molar-refractivity contribution in [3.8, 4) is 16.9 Å². The first-order valence-electron chi connectivity index (χ1n) is 10.4. The van der Waals surface area contributed by atoms with E-state index in [9.17, 15) is 19.7 Å². The Kier molecular flexibility index (Phi) is 6.33. The predicted octanol–water partition coefficient (Wildman–Crippen LogP) is 3.41. The fraction of sp³-hybridized carbons (Fsp3) is 0.125. The van der Waals surface area contributed by atoms with Gasteiger partial charge >= 0.3 is 5.97 Å². The van der Waals surface area contributed by atoms with Gasteiger partial charge in [0.25, 0.3) is 11.6 Å². The van der Waals surface area contributed by atoms with Crippen molar-refractivity contribution in [2.75, 3.05) is 13.2 Å². The molecule has 0 bridgehead atoms. The third-order valence-electron chi connectivity index (χ3n) is 5.27. The molecule has 0 radical (unpaired) electrons. The molecular formula is C24H20N4O6. The number of nitrogens with zero attached hydrogens (tertiary/aromatic N) is 3. The molecule has 0 atom stereocenters. The molecule has 0 saturated heterocycles. The van der Waals surface area contributed by atoms with E-state index in [0.717, 1.165) is 0 Å². The number of non-ortho nitro benzene ring substituents is 1. The molecule has 0 fully saturated rings. The van der Waals surface area contributed by atoms with Gasteiger partial charge in [-0.2, -0.15) is 5.10 Å². The number of aliphatic hydroxyl groups is 1. The van der Waals surface area contributed by atoms with Gasteiger partial charge in [-0.25, -0.2) is 9.48 Å². The van der Waals surface area contributed by atoms with Gasteiger partial charge in [0.2, 0.25) is 0 Å². The number of benzene rings is 3. The molecule has 0 unspecified atom stereocenters. The van der Waals surface area contributed by atoms with Gasteiger partial charge in [0.15, 0.2) is 0 Å². The number of nitro benzene ring substituents is 1. The van der Waals surface area contributed by atoms with Crippen LogP contribution >= 0.6 is 0 Å². The Balaban J connectivity index is 1.77. The normalized spacial score (nSPS) is 10.9. The van der Waals surface area contributed by atoms with E-state index < -0.39 is 10.9 Å². The van der Waals surface area contributed by atoms with Crippen LogP contribution in [0.4, 0.5) is 5.69 Å². The average Bonchev–Trinajstić information content (AvgIpc) is 3.23. The summed E-state index contributed by atoms with van der Waals surface area (Å²) in [6.45, 7) is 0.344. The van der Waals surface area contributed by atoms with E-state index in [1.54, 1.807) is 47.1 Å². The number of carboxylic acid groups (broad SMARTS) is 1. The summed E-state index contributed by atoms with van der Waals surface area (Å²) in [5.74, 6) is -1.32. The summed E-state index contributed by atoms with van der Waals surface area (Å²) in [7, 11) is 0. The second kappa shape index (κ2) is 9.51. The summed E-state index contributed by atoms with van der Waals surface area (Å²) in [6, 6.07) is 17.2. The van der Waals surface area contributed by atoms with Crippen LogP contribution < -0.4 is 5.32 Å². The maximum atomic E-state index is 12.2. The van der Waals surface area contributed by atoms with Gasteiger partial charge in [0.05, 0.1) is 21.7 Å². The molecule has 172 valence electrons. The molecule has 0 aliphatic carbocycles. The van der Waals surface area contributed by atoms with Gasteiger partial charge < -0.3 is 15.5 Å². The third-order valence-corrected chi connectivity index (χ3v) is 5.27. The number of rotatable bonds is 8. The first-order chi connectivity index (χ1) is 16.4. The largest absolute Gasteiger partial charge is 0.478 e. The number of carbonyl (C=O) groups is 2. The number of fused-ring (bicyclic) bond motifs is 1. The molecule has 0 saturated carbocycles. The molecular weight excluding hydrogens is 440 g/mol. The summed E-state index contributed by atoms with van der Waals surface area (Å²) in [6.07, 6.45) is 0.458. The van der Waals surface area contributed by atoms with Crippen molar-refractivity contribution in [1.82, 2.24) is 15.1 Å². The summed E-state index contributed by atoms with van der Waals surface area (Å²) < 4.78 is 1.59. The van der Waals surface area contributed by atoms with E-state index in [-0.39, 0.29) is 23.8 Å². The van der Waals surface area contributed by atoms with Crippen LogP contribution in [-0.4, -0.2) is 49.9 Å². The molecule has 0 aliphatic rings. The minimum Gasteiger partial charge on any atom is -0.478 e. The van der Waals surface area contributed by atoms with Crippen LogP contribution in [-0.2, 0) is 0 Å². The number of aromatic nitrogens is 2. The third kappa shape index (κ3) is 4.48. The summed E-state index contributed by atoms with van der Waals surface area (Å²) >= 11 is 0. The number of hydrogen-bond acceptors (Lipinski definition) is 6. The molecule has 4 aromatic rings. The van der Waals surface area contributed by atoms with Crippen LogP contribution in [0.2, 0.25) is 0 Å². The number of nitro groups is 1. The molecule has 3 N–H and O–H groups in total. The van der Waals surface area contributed by atoms with Crippen LogP contribution in [0, 0.1) is 10.1 Å². The van der Waals surface area contributed by atoms with Gasteiger partial charge in [-0.15, -0.1) is 0 Å². The lowest BCUT2D eigenvalue weighted by Crippen LogP contribution is -2.24. The van der Waals surface area contributed by atoms with E-state index in [2.05, 4.69) is 10.4 Å². The molecule has 4 rings (SSSR count). The Morgan fingerprint density at radius 3 is 2.29 bits per heavy atom. The van der Waals surface area contributed by atoms with Crippen LogP contribution in [0.25, 0.3) is 27.8 Å². The summed E-state index contributed by atoms with van der Waals surface area (Å²) in [4.78, 5) is 34.3. The topological polar surface area (TPSA) is 148 Å². The van der Waals surface area contributed by atoms with Crippen LogP contribution in [0.5, 0.6) is 0 Å². The Labute approximate surface area is 193 Å². The van der Waals surface area contributed by atoms with Gasteiger partial charge in [0, 0.05) is 41.8 Å². The van der Waals surface area contributed by atoms with Crippen molar-refractivity contribution in [3.05, 3.63) is 88.0 Å². The number of amides is 1. The molecule has 10 heteroatoms. The van der Waals surface area contributed by atoms with E-state index in [0.29, 0.717) is 46.4 Å². The SMILES string of the molecule is O=C(O)c1ccc(-n2nc(-c3ccc(C(=O)NCCCO)cc3)c3cc([N+](=O)[O-])ccc32)cc1. The van der Waals surface area contributed by atoms with Crippen LogP contribution in [0.3, 0.4) is 0 Å². The van der Waals surface area contributed by atoms with Crippen molar-refractivity contribution >= 4 is 28.5 Å².